The highest BCUT2D eigenvalue weighted by atomic mass is 19.1. The second-order valence-corrected chi connectivity index (χ2v) is 6.14. The summed E-state index contributed by atoms with van der Waals surface area (Å²) in [4.78, 5) is 24.5. The van der Waals surface area contributed by atoms with E-state index in [1.807, 2.05) is 30.3 Å². The number of methoxy groups -OCH3 is 1. The zero-order valence-corrected chi connectivity index (χ0v) is 14.8. The van der Waals surface area contributed by atoms with Crippen LogP contribution in [0.5, 0.6) is 0 Å². The first-order chi connectivity index (χ1) is 13.4. The Morgan fingerprint density at radius 2 is 1.64 bits per heavy atom. The van der Waals surface area contributed by atoms with Crippen LogP contribution in [0.3, 0.4) is 0 Å². The summed E-state index contributed by atoms with van der Waals surface area (Å²) in [7, 11) is 1.14. The van der Waals surface area contributed by atoms with Crippen LogP contribution in [-0.4, -0.2) is 25.0 Å². The van der Waals surface area contributed by atoms with E-state index in [2.05, 4.69) is 5.32 Å². The number of hydrogen-bond acceptors (Lipinski definition) is 3. The van der Waals surface area contributed by atoms with Gasteiger partial charge in [-0.05, 0) is 16.3 Å². The van der Waals surface area contributed by atoms with Gasteiger partial charge in [0.25, 0.3) is 5.91 Å². The molecule has 3 aromatic rings. The molecule has 0 fully saturated rings. The number of nitrogens with one attached hydrogen (secondary N) is 1. The monoisotopic (exact) mass is 387 g/mol. The van der Waals surface area contributed by atoms with Gasteiger partial charge in [0.1, 0.15) is 29.1 Å². The Hall–Kier alpha value is -3.35. The summed E-state index contributed by atoms with van der Waals surface area (Å²) in [5.74, 6) is -5.81. The van der Waals surface area contributed by atoms with Crippen LogP contribution >= 0.6 is 0 Å². The van der Waals surface area contributed by atoms with Crippen molar-refractivity contribution < 1.29 is 27.5 Å². The van der Waals surface area contributed by atoms with Crippen molar-refractivity contribution in [1.82, 2.24) is 5.32 Å². The minimum absolute atomic E-state index is 0.0458. The van der Waals surface area contributed by atoms with Gasteiger partial charge in [-0.3, -0.25) is 4.79 Å². The Balaban J connectivity index is 1.91. The molecule has 1 atom stereocenters. The standard InChI is InChI=1S/C21H16F3NO3/c1-28-21(27)18(9-13-7-4-6-12-5-2-3-8-15(12)13)25-20(26)19-16(23)10-14(22)11-17(19)24/h2-8,10-11,18H,9H2,1H3,(H,25,26)/t18-/m1/s1. The molecule has 0 saturated heterocycles. The Morgan fingerprint density at radius 3 is 2.32 bits per heavy atom. The molecule has 0 radical (unpaired) electrons. The molecule has 4 nitrogen and oxygen atoms in total. The first-order valence-corrected chi connectivity index (χ1v) is 8.40. The Morgan fingerprint density at radius 1 is 1.00 bits per heavy atom. The Bertz CT molecular complexity index is 1020. The number of benzene rings is 3. The molecule has 0 heterocycles. The maximum atomic E-state index is 13.9. The number of fused-ring (bicyclic) bond motifs is 1. The molecule has 0 spiro atoms. The number of hydrogen-bond donors (Lipinski definition) is 1. The number of rotatable bonds is 5. The molecular formula is C21H16F3NO3. The minimum Gasteiger partial charge on any atom is -0.467 e. The smallest absolute Gasteiger partial charge is 0.328 e. The highest BCUT2D eigenvalue weighted by Gasteiger charge is 2.27. The molecule has 1 N–H and O–H groups in total. The fraction of sp³-hybridized carbons (Fsp3) is 0.143. The molecule has 3 rings (SSSR count). The topological polar surface area (TPSA) is 55.4 Å². The van der Waals surface area contributed by atoms with Crippen LogP contribution in [0.4, 0.5) is 13.2 Å². The predicted molar refractivity (Wildman–Crippen MR) is 97.2 cm³/mol. The van der Waals surface area contributed by atoms with Crippen molar-refractivity contribution in [3.8, 4) is 0 Å². The van der Waals surface area contributed by atoms with Crippen molar-refractivity contribution >= 4 is 22.6 Å². The van der Waals surface area contributed by atoms with Crippen LogP contribution in [0.1, 0.15) is 15.9 Å². The maximum Gasteiger partial charge on any atom is 0.328 e. The van der Waals surface area contributed by atoms with Crippen molar-refractivity contribution in [2.24, 2.45) is 0 Å². The molecule has 1 amide bonds. The van der Waals surface area contributed by atoms with Crippen LogP contribution in [0.25, 0.3) is 10.8 Å². The fourth-order valence-electron chi connectivity index (χ4n) is 3.02. The summed E-state index contributed by atoms with van der Waals surface area (Å²) < 4.78 is 45.5. The number of halogens is 3. The van der Waals surface area contributed by atoms with Crippen LogP contribution in [0.15, 0.2) is 54.6 Å². The first-order valence-electron chi connectivity index (χ1n) is 8.40. The second-order valence-electron chi connectivity index (χ2n) is 6.14. The molecule has 0 unspecified atom stereocenters. The zero-order chi connectivity index (χ0) is 20.3. The molecule has 0 aliphatic carbocycles. The van der Waals surface area contributed by atoms with Gasteiger partial charge in [-0.25, -0.2) is 18.0 Å². The van der Waals surface area contributed by atoms with Gasteiger partial charge in [0.05, 0.1) is 7.11 Å². The summed E-state index contributed by atoms with van der Waals surface area (Å²) in [5, 5.41) is 4.09. The van der Waals surface area contributed by atoms with E-state index in [0.717, 1.165) is 23.4 Å². The largest absolute Gasteiger partial charge is 0.467 e. The van der Waals surface area contributed by atoms with E-state index in [1.54, 1.807) is 12.1 Å². The number of ether oxygens (including phenoxy) is 1. The molecule has 0 aromatic heterocycles. The SMILES string of the molecule is COC(=O)[C@@H](Cc1cccc2ccccc12)NC(=O)c1c(F)cc(F)cc1F. The Kier molecular flexibility index (Phi) is 5.63. The number of carbonyl (C=O) groups is 2. The van der Waals surface area contributed by atoms with E-state index in [-0.39, 0.29) is 6.42 Å². The third-order valence-corrected chi connectivity index (χ3v) is 4.33. The van der Waals surface area contributed by atoms with Gasteiger partial charge < -0.3 is 10.1 Å². The molecule has 0 aliphatic heterocycles. The molecule has 0 bridgehead atoms. The molecule has 144 valence electrons. The average Bonchev–Trinajstić information content (AvgIpc) is 2.66. The first kappa shape index (κ1) is 19.4. The molecule has 3 aromatic carbocycles. The fourth-order valence-corrected chi connectivity index (χ4v) is 3.02. The highest BCUT2D eigenvalue weighted by Crippen LogP contribution is 2.21. The quantitative estimate of drug-likeness (QED) is 0.678. The van der Waals surface area contributed by atoms with Crippen molar-refractivity contribution in [3.05, 3.63) is 83.2 Å². The molecule has 0 saturated carbocycles. The van der Waals surface area contributed by atoms with E-state index in [9.17, 15) is 22.8 Å². The Labute approximate surface area is 158 Å². The van der Waals surface area contributed by atoms with E-state index < -0.39 is 40.9 Å². The van der Waals surface area contributed by atoms with Crippen LogP contribution in [0, 0.1) is 17.5 Å². The minimum atomic E-state index is -1.36. The lowest BCUT2D eigenvalue weighted by Gasteiger charge is -2.18. The van der Waals surface area contributed by atoms with E-state index in [1.165, 1.54) is 0 Å². The summed E-state index contributed by atoms with van der Waals surface area (Å²) in [6.45, 7) is 0. The van der Waals surface area contributed by atoms with E-state index in [4.69, 9.17) is 4.74 Å². The third-order valence-electron chi connectivity index (χ3n) is 4.33. The van der Waals surface area contributed by atoms with Gasteiger partial charge >= 0.3 is 5.97 Å². The maximum absolute atomic E-state index is 13.9. The molecular weight excluding hydrogens is 371 g/mol. The second kappa shape index (κ2) is 8.12. The van der Waals surface area contributed by atoms with Crippen LogP contribution < -0.4 is 5.32 Å². The summed E-state index contributed by atoms with van der Waals surface area (Å²) in [6, 6.07) is 12.5. The van der Waals surface area contributed by atoms with Gasteiger partial charge in [-0.2, -0.15) is 0 Å². The molecule has 28 heavy (non-hydrogen) atoms. The van der Waals surface area contributed by atoms with Crippen molar-refractivity contribution in [2.75, 3.05) is 7.11 Å². The lowest BCUT2D eigenvalue weighted by atomic mass is 9.98. The summed E-state index contributed by atoms with van der Waals surface area (Å²) in [6.07, 6.45) is 0.0458. The number of carbonyl (C=O) groups excluding carboxylic acids is 2. The summed E-state index contributed by atoms with van der Waals surface area (Å²) in [5.41, 5.74) is -0.220. The lowest BCUT2D eigenvalue weighted by Crippen LogP contribution is -2.43. The van der Waals surface area contributed by atoms with Crippen molar-refractivity contribution in [1.29, 1.82) is 0 Å². The van der Waals surface area contributed by atoms with Crippen LogP contribution in [-0.2, 0) is 16.0 Å². The van der Waals surface area contributed by atoms with Crippen LogP contribution in [0.2, 0.25) is 0 Å². The third kappa shape index (κ3) is 3.98. The normalized spacial score (nSPS) is 11.9. The van der Waals surface area contributed by atoms with E-state index in [0.29, 0.717) is 12.1 Å². The molecule has 0 aliphatic rings. The van der Waals surface area contributed by atoms with Gasteiger partial charge in [0.15, 0.2) is 0 Å². The van der Waals surface area contributed by atoms with Gasteiger partial charge in [0, 0.05) is 18.6 Å². The molecule has 7 heteroatoms. The zero-order valence-electron chi connectivity index (χ0n) is 14.8. The highest BCUT2D eigenvalue weighted by molar-refractivity contribution is 5.97. The number of amides is 1. The van der Waals surface area contributed by atoms with Crippen molar-refractivity contribution in [2.45, 2.75) is 12.5 Å². The van der Waals surface area contributed by atoms with Gasteiger partial charge in [-0.15, -0.1) is 0 Å². The number of esters is 1. The predicted octanol–water partition coefficient (Wildman–Crippen LogP) is 3.77. The average molecular weight is 387 g/mol. The van der Waals surface area contributed by atoms with Gasteiger partial charge in [-0.1, -0.05) is 42.5 Å². The lowest BCUT2D eigenvalue weighted by molar-refractivity contribution is -0.142. The summed E-state index contributed by atoms with van der Waals surface area (Å²) >= 11 is 0. The van der Waals surface area contributed by atoms with Crippen molar-refractivity contribution in [3.63, 3.8) is 0 Å². The van der Waals surface area contributed by atoms with E-state index >= 15 is 0 Å². The van der Waals surface area contributed by atoms with Gasteiger partial charge in [0.2, 0.25) is 0 Å².